The fourth-order valence-electron chi connectivity index (χ4n) is 7.07. The van der Waals surface area contributed by atoms with E-state index in [-0.39, 0.29) is 13.1 Å². The van der Waals surface area contributed by atoms with Gasteiger partial charge in [0.1, 0.15) is 0 Å². The Hall–Kier alpha value is -5.95. The summed E-state index contributed by atoms with van der Waals surface area (Å²) < 4.78 is 6.31. The zero-order valence-electron chi connectivity index (χ0n) is 30.4. The third-order valence-electron chi connectivity index (χ3n) is 9.75. The Morgan fingerprint density at radius 3 is 0.768 bits per heavy atom. The van der Waals surface area contributed by atoms with Crippen LogP contribution in [-0.2, 0) is 18.9 Å². The Labute approximate surface area is 341 Å². The molecular formula is C47H36Cl2MnN6. The number of nitrogens with zero attached hydrogens (tertiary/aromatic N) is 6. The molecule has 0 aliphatic carbocycles. The fraction of sp³-hybridized carbons (Fsp3) is 0.0426. The first-order chi connectivity index (χ1) is 27.6. The minimum absolute atomic E-state index is 0.00694. The molecule has 9 heteroatoms. The average molecular weight is 811 g/mol. The maximum atomic E-state index is 5.51. The summed E-state index contributed by atoms with van der Waals surface area (Å²) in [6, 6.07) is 68.9. The van der Waals surface area contributed by atoms with Gasteiger partial charge in [0.25, 0.3) is 0 Å². The predicted molar refractivity (Wildman–Crippen MR) is 225 cm³/mol. The Kier molecular flexibility index (Phi) is 11.1. The van der Waals surface area contributed by atoms with E-state index in [1.54, 1.807) is 0 Å². The van der Waals surface area contributed by atoms with Gasteiger partial charge in [-0.1, -0.05) is 182 Å². The van der Waals surface area contributed by atoms with Crippen molar-refractivity contribution in [3.63, 3.8) is 0 Å². The summed E-state index contributed by atoms with van der Waals surface area (Å²) in [7, 11) is 9.59. The van der Waals surface area contributed by atoms with Crippen LogP contribution in [0.25, 0.3) is 67.5 Å². The Morgan fingerprint density at radius 2 is 0.554 bits per heavy atom. The van der Waals surface area contributed by atoms with Crippen LogP contribution in [0, 0.1) is 0 Å². The molecule has 0 aliphatic heterocycles. The van der Waals surface area contributed by atoms with E-state index in [2.05, 4.69) is 185 Å². The molecule has 0 saturated heterocycles. The van der Waals surface area contributed by atoms with Gasteiger partial charge in [0.2, 0.25) is 5.79 Å². The molecule has 9 rings (SSSR count). The van der Waals surface area contributed by atoms with Crippen molar-refractivity contribution >= 4 is 20.2 Å². The molecule has 0 atom stereocenters. The van der Waals surface area contributed by atoms with Crippen LogP contribution < -0.4 is 0 Å². The molecule has 3 aromatic heterocycles. The standard InChI is InChI=1S/C47H36N6.2ClH.Mn/c1-47(51-44(38-26-14-5-15-27-38)32-41(48-51)35-20-8-2-9-21-35,52-45(39-28-16-6-17-29-39)33-42(49-52)36-22-10-3-11-23-36)53-46(40-30-18-7-19-31-40)34-43(50-53)37-24-12-4-13-25-37;;;/h2-34H,1H3;2*1H;/q;;;+2/p-2. The van der Waals surface area contributed by atoms with Crippen molar-refractivity contribution in [2.45, 2.75) is 12.7 Å². The van der Waals surface area contributed by atoms with Gasteiger partial charge in [-0.3, -0.25) is 0 Å². The molecule has 56 heavy (non-hydrogen) atoms. The molecule has 0 aliphatic rings. The summed E-state index contributed by atoms with van der Waals surface area (Å²) in [5.74, 6) is -1.17. The molecule has 6 aromatic carbocycles. The van der Waals surface area contributed by atoms with Crippen LogP contribution in [0.5, 0.6) is 0 Å². The Morgan fingerprint density at radius 1 is 0.357 bits per heavy atom. The van der Waals surface area contributed by atoms with Gasteiger partial charge in [-0.05, 0) is 34.9 Å². The van der Waals surface area contributed by atoms with Gasteiger partial charge in [0.15, 0.2) is 0 Å². The first-order valence-electron chi connectivity index (χ1n) is 18.1. The number of hydrogen-bond acceptors (Lipinski definition) is 3. The summed E-state index contributed by atoms with van der Waals surface area (Å²) in [6.45, 7) is 2.17. The van der Waals surface area contributed by atoms with Crippen molar-refractivity contribution in [1.82, 2.24) is 29.3 Å². The molecule has 0 radical (unpaired) electrons. The van der Waals surface area contributed by atoms with Gasteiger partial charge < -0.3 is 0 Å². The molecule has 0 amide bonds. The van der Waals surface area contributed by atoms with Crippen molar-refractivity contribution in [2.75, 3.05) is 0 Å². The van der Waals surface area contributed by atoms with Crippen molar-refractivity contribution in [3.8, 4) is 67.5 Å². The second-order valence-electron chi connectivity index (χ2n) is 13.2. The van der Waals surface area contributed by atoms with Gasteiger partial charge in [0, 0.05) is 23.6 Å². The second kappa shape index (κ2) is 16.8. The van der Waals surface area contributed by atoms with Gasteiger partial charge in [-0.25, -0.2) is 14.0 Å². The normalized spacial score (nSPS) is 11.2. The quantitative estimate of drug-likeness (QED) is 0.136. The average Bonchev–Trinajstić information content (AvgIpc) is 4.05. The van der Waals surface area contributed by atoms with Gasteiger partial charge in [-0.15, -0.1) is 0 Å². The summed E-state index contributed by atoms with van der Waals surface area (Å²) in [5, 5.41) is 16.5. The molecule has 0 bridgehead atoms. The maximum absolute atomic E-state index is 5.51. The second-order valence-corrected chi connectivity index (χ2v) is 15.2. The topological polar surface area (TPSA) is 53.5 Å². The number of benzene rings is 6. The molecule has 0 fully saturated rings. The predicted octanol–water partition coefficient (Wildman–Crippen LogP) is 12.4. The fourth-order valence-corrected chi connectivity index (χ4v) is 7.07. The molecule has 3 heterocycles. The van der Waals surface area contributed by atoms with E-state index >= 15 is 0 Å². The van der Waals surface area contributed by atoms with Crippen LogP contribution in [0.4, 0.5) is 0 Å². The Bertz CT molecular complexity index is 2340. The number of rotatable bonds is 9. The molecule has 0 saturated carbocycles. The molecule has 9 aromatic rings. The zero-order chi connectivity index (χ0) is 38.3. The van der Waals surface area contributed by atoms with E-state index < -0.39 is 5.79 Å². The van der Waals surface area contributed by atoms with E-state index in [1.807, 2.05) is 36.4 Å². The van der Waals surface area contributed by atoms with Crippen molar-refractivity contribution in [2.24, 2.45) is 0 Å². The Balaban J connectivity index is 0.00000143. The monoisotopic (exact) mass is 809 g/mol. The SMILES string of the molecule is CC(n1nc(-c2ccccc2)cc1-c1ccccc1)(n1nc(-c2ccccc2)cc1-c1ccccc1)n1nc(-c2ccccc2)cc1-c1ccccc1.[Cl][Mn][Cl]. The molecule has 0 spiro atoms. The van der Waals surface area contributed by atoms with E-state index in [4.69, 9.17) is 35.5 Å². The molecular weight excluding hydrogens is 774 g/mol. The van der Waals surface area contributed by atoms with Gasteiger partial charge in [0.05, 0.1) is 34.2 Å². The van der Waals surface area contributed by atoms with Crippen LogP contribution in [0.1, 0.15) is 6.92 Å². The van der Waals surface area contributed by atoms with Gasteiger partial charge >= 0.3 is 33.3 Å². The third kappa shape index (κ3) is 7.38. The minimum atomic E-state index is -1.17. The number of hydrogen-bond donors (Lipinski definition) is 0. The summed E-state index contributed by atoms with van der Waals surface area (Å²) in [5.41, 5.74) is 11.5. The van der Waals surface area contributed by atoms with Crippen LogP contribution >= 0.6 is 20.2 Å². The van der Waals surface area contributed by atoms with Crippen molar-refractivity contribution in [3.05, 3.63) is 200 Å². The molecule has 275 valence electrons. The summed E-state index contributed by atoms with van der Waals surface area (Å²) in [6.07, 6.45) is 0. The molecule has 0 unspecified atom stereocenters. The molecule has 0 N–H and O–H groups in total. The molecule has 6 nitrogen and oxygen atoms in total. The van der Waals surface area contributed by atoms with E-state index in [0.29, 0.717) is 0 Å². The van der Waals surface area contributed by atoms with E-state index in [1.165, 1.54) is 0 Å². The van der Waals surface area contributed by atoms with Crippen LogP contribution in [0.15, 0.2) is 200 Å². The van der Waals surface area contributed by atoms with Gasteiger partial charge in [-0.2, -0.15) is 15.3 Å². The summed E-state index contributed by atoms with van der Waals surface area (Å²) >= 11 is 0.00694. The van der Waals surface area contributed by atoms with E-state index in [9.17, 15) is 0 Å². The number of aromatic nitrogens is 6. The zero-order valence-corrected chi connectivity index (χ0v) is 33.1. The number of halogens is 2. The first-order valence-corrected chi connectivity index (χ1v) is 21.3. The van der Waals surface area contributed by atoms with Crippen LogP contribution in [0.3, 0.4) is 0 Å². The van der Waals surface area contributed by atoms with Crippen molar-refractivity contribution < 1.29 is 13.1 Å². The van der Waals surface area contributed by atoms with Crippen molar-refractivity contribution in [1.29, 1.82) is 0 Å². The summed E-state index contributed by atoms with van der Waals surface area (Å²) in [4.78, 5) is 0. The van der Waals surface area contributed by atoms with Crippen LogP contribution in [-0.4, -0.2) is 29.3 Å². The third-order valence-corrected chi connectivity index (χ3v) is 9.75. The van der Waals surface area contributed by atoms with Crippen LogP contribution in [0.2, 0.25) is 0 Å². The van der Waals surface area contributed by atoms with E-state index in [0.717, 1.165) is 67.5 Å². The first kappa shape index (κ1) is 37.0.